The molecule has 0 saturated carbocycles. The smallest absolute Gasteiger partial charge is 0.145 e. The zero-order valence-corrected chi connectivity index (χ0v) is 15.6. The Labute approximate surface area is 164 Å². The molecule has 4 aromatic rings. The van der Waals surface area contributed by atoms with E-state index >= 15 is 0 Å². The van der Waals surface area contributed by atoms with Crippen molar-refractivity contribution in [2.24, 2.45) is 0 Å². The Kier molecular flexibility index (Phi) is 3.81. The number of rotatable bonds is 2. The van der Waals surface area contributed by atoms with Gasteiger partial charge in [-0.3, -0.25) is 0 Å². The van der Waals surface area contributed by atoms with Crippen LogP contribution in [-0.4, -0.2) is 12.2 Å². The highest BCUT2D eigenvalue weighted by Gasteiger charge is 2.40. The molecule has 0 aromatic heterocycles. The summed E-state index contributed by atoms with van der Waals surface area (Å²) in [7, 11) is 1.67. The van der Waals surface area contributed by atoms with Crippen LogP contribution in [0.2, 0.25) is 0 Å². The van der Waals surface area contributed by atoms with E-state index in [1.54, 1.807) is 7.11 Å². The van der Waals surface area contributed by atoms with Gasteiger partial charge < -0.3 is 9.84 Å². The standard InChI is InChI=1S/C26H20O2/c1-28-25-21-11-5-2-8-18(21)16-17-24(25)26(27)22-12-6-3-9-19(22)14-15-20-10-4-7-13-23(20)26/h2-17,27H,1H3. The van der Waals surface area contributed by atoms with Gasteiger partial charge in [0.05, 0.1) is 7.11 Å². The van der Waals surface area contributed by atoms with E-state index in [1.165, 1.54) is 0 Å². The van der Waals surface area contributed by atoms with Gasteiger partial charge in [0, 0.05) is 10.9 Å². The van der Waals surface area contributed by atoms with Crippen LogP contribution in [0.15, 0.2) is 84.9 Å². The Morgan fingerprint density at radius 1 is 0.643 bits per heavy atom. The van der Waals surface area contributed by atoms with Crippen molar-refractivity contribution in [3.05, 3.63) is 113 Å². The van der Waals surface area contributed by atoms with Crippen LogP contribution in [-0.2, 0) is 5.60 Å². The first kappa shape index (κ1) is 16.8. The van der Waals surface area contributed by atoms with E-state index in [1.807, 2.05) is 72.8 Å². The molecule has 28 heavy (non-hydrogen) atoms. The van der Waals surface area contributed by atoms with Crippen LogP contribution < -0.4 is 4.74 Å². The molecule has 0 atom stereocenters. The number of methoxy groups -OCH3 is 1. The first-order valence-electron chi connectivity index (χ1n) is 9.39. The molecule has 0 unspecified atom stereocenters. The highest BCUT2D eigenvalue weighted by atomic mass is 16.5. The minimum Gasteiger partial charge on any atom is -0.496 e. The number of fused-ring (bicyclic) bond motifs is 3. The molecule has 0 aliphatic heterocycles. The normalized spacial score (nSPS) is 14.2. The number of hydrogen-bond donors (Lipinski definition) is 1. The molecule has 0 fully saturated rings. The highest BCUT2D eigenvalue weighted by molar-refractivity contribution is 5.91. The molecule has 4 aromatic carbocycles. The van der Waals surface area contributed by atoms with Crippen molar-refractivity contribution in [3.8, 4) is 5.75 Å². The third-order valence-corrected chi connectivity index (χ3v) is 5.62. The Hall–Kier alpha value is -3.36. The van der Waals surface area contributed by atoms with E-state index in [0.717, 1.165) is 38.6 Å². The first-order chi connectivity index (χ1) is 13.7. The van der Waals surface area contributed by atoms with Crippen molar-refractivity contribution < 1.29 is 9.84 Å². The van der Waals surface area contributed by atoms with Crippen LogP contribution in [0.1, 0.15) is 27.8 Å². The minimum absolute atomic E-state index is 0.701. The van der Waals surface area contributed by atoms with Crippen LogP contribution in [0.3, 0.4) is 0 Å². The van der Waals surface area contributed by atoms with E-state index in [-0.39, 0.29) is 0 Å². The molecule has 1 aliphatic rings. The molecule has 5 rings (SSSR count). The van der Waals surface area contributed by atoms with Crippen LogP contribution in [0, 0.1) is 0 Å². The monoisotopic (exact) mass is 364 g/mol. The molecule has 0 saturated heterocycles. The predicted molar refractivity (Wildman–Crippen MR) is 114 cm³/mol. The number of ether oxygens (including phenoxy) is 1. The van der Waals surface area contributed by atoms with Crippen molar-refractivity contribution in [1.82, 2.24) is 0 Å². The second-order valence-electron chi connectivity index (χ2n) is 7.09. The summed E-state index contributed by atoms with van der Waals surface area (Å²) in [6.45, 7) is 0. The molecule has 0 radical (unpaired) electrons. The molecule has 2 heteroatoms. The fourth-order valence-corrected chi connectivity index (χ4v) is 4.31. The Balaban J connectivity index is 1.92. The highest BCUT2D eigenvalue weighted by Crippen LogP contribution is 2.47. The predicted octanol–water partition coefficient (Wildman–Crippen LogP) is 5.62. The largest absolute Gasteiger partial charge is 0.496 e. The lowest BCUT2D eigenvalue weighted by Gasteiger charge is -2.33. The molecule has 1 aliphatic carbocycles. The molecule has 0 bridgehead atoms. The maximum absolute atomic E-state index is 12.4. The van der Waals surface area contributed by atoms with Gasteiger partial charge in [-0.2, -0.15) is 0 Å². The zero-order chi connectivity index (χ0) is 19.1. The van der Waals surface area contributed by atoms with Crippen LogP contribution in [0.4, 0.5) is 0 Å². The van der Waals surface area contributed by atoms with Crippen molar-refractivity contribution in [1.29, 1.82) is 0 Å². The SMILES string of the molecule is COc1c(C2(O)c3ccccc3C=Cc3ccccc32)ccc2ccccc12. The fourth-order valence-electron chi connectivity index (χ4n) is 4.31. The van der Waals surface area contributed by atoms with Gasteiger partial charge in [0.2, 0.25) is 0 Å². The van der Waals surface area contributed by atoms with Gasteiger partial charge in [-0.05, 0) is 27.6 Å². The van der Waals surface area contributed by atoms with Crippen LogP contribution in [0.25, 0.3) is 22.9 Å². The van der Waals surface area contributed by atoms with Gasteiger partial charge in [-0.15, -0.1) is 0 Å². The maximum Gasteiger partial charge on any atom is 0.145 e. The molecule has 1 N–H and O–H groups in total. The van der Waals surface area contributed by atoms with Gasteiger partial charge in [-0.25, -0.2) is 0 Å². The van der Waals surface area contributed by atoms with Crippen LogP contribution in [0.5, 0.6) is 5.75 Å². The number of hydrogen-bond acceptors (Lipinski definition) is 2. The van der Waals surface area contributed by atoms with Crippen LogP contribution >= 0.6 is 0 Å². The summed E-state index contributed by atoms with van der Waals surface area (Å²) in [4.78, 5) is 0. The van der Waals surface area contributed by atoms with Gasteiger partial charge in [0.1, 0.15) is 11.4 Å². The second-order valence-corrected chi connectivity index (χ2v) is 7.09. The third-order valence-electron chi connectivity index (χ3n) is 5.62. The summed E-state index contributed by atoms with van der Waals surface area (Å²) in [6, 6.07) is 28.1. The van der Waals surface area contributed by atoms with Gasteiger partial charge in [0.25, 0.3) is 0 Å². The van der Waals surface area contributed by atoms with E-state index in [9.17, 15) is 5.11 Å². The second kappa shape index (κ2) is 6.36. The summed E-state index contributed by atoms with van der Waals surface area (Å²) in [5.74, 6) is 0.701. The molecule has 0 amide bonds. The summed E-state index contributed by atoms with van der Waals surface area (Å²) in [5, 5.41) is 14.5. The average Bonchev–Trinajstić information content (AvgIpc) is 2.89. The molecule has 136 valence electrons. The lowest BCUT2D eigenvalue weighted by Crippen LogP contribution is -2.30. The topological polar surface area (TPSA) is 29.5 Å². The van der Waals surface area contributed by atoms with Gasteiger partial charge in [0.15, 0.2) is 0 Å². The molecular formula is C26H20O2. The Morgan fingerprint density at radius 3 is 1.86 bits per heavy atom. The summed E-state index contributed by atoms with van der Waals surface area (Å²) < 4.78 is 5.87. The van der Waals surface area contributed by atoms with E-state index in [2.05, 4.69) is 24.3 Å². The Morgan fingerprint density at radius 2 is 1.21 bits per heavy atom. The molecular weight excluding hydrogens is 344 g/mol. The average molecular weight is 364 g/mol. The van der Waals surface area contributed by atoms with E-state index in [4.69, 9.17) is 4.74 Å². The Bertz CT molecular complexity index is 1170. The van der Waals surface area contributed by atoms with E-state index < -0.39 is 5.60 Å². The zero-order valence-electron chi connectivity index (χ0n) is 15.6. The minimum atomic E-state index is -1.33. The fraction of sp³-hybridized carbons (Fsp3) is 0.0769. The molecule has 2 nitrogen and oxygen atoms in total. The third kappa shape index (κ3) is 2.32. The van der Waals surface area contributed by atoms with Crippen molar-refractivity contribution >= 4 is 22.9 Å². The maximum atomic E-state index is 12.4. The summed E-state index contributed by atoms with van der Waals surface area (Å²) in [5.41, 5.74) is 3.12. The van der Waals surface area contributed by atoms with E-state index in [0.29, 0.717) is 5.75 Å². The summed E-state index contributed by atoms with van der Waals surface area (Å²) in [6.07, 6.45) is 4.14. The van der Waals surface area contributed by atoms with Gasteiger partial charge in [-0.1, -0.05) is 97.1 Å². The first-order valence-corrected chi connectivity index (χ1v) is 9.39. The molecule has 0 heterocycles. The quantitative estimate of drug-likeness (QED) is 0.500. The summed E-state index contributed by atoms with van der Waals surface area (Å²) >= 11 is 0. The molecule has 0 spiro atoms. The number of benzene rings is 4. The van der Waals surface area contributed by atoms with Gasteiger partial charge >= 0.3 is 0 Å². The lowest BCUT2D eigenvalue weighted by atomic mass is 9.77. The lowest BCUT2D eigenvalue weighted by molar-refractivity contribution is 0.122. The van der Waals surface area contributed by atoms with Crippen molar-refractivity contribution in [3.63, 3.8) is 0 Å². The number of aliphatic hydroxyl groups is 1. The van der Waals surface area contributed by atoms with Crippen molar-refractivity contribution in [2.75, 3.05) is 7.11 Å². The van der Waals surface area contributed by atoms with Crippen molar-refractivity contribution in [2.45, 2.75) is 5.60 Å².